The molecule has 2 rings (SSSR count). The number of carbonyl (C=O) groups excluding carboxylic acids is 1. The Labute approximate surface area is 110 Å². The Morgan fingerprint density at radius 3 is 3.28 bits per heavy atom. The summed E-state index contributed by atoms with van der Waals surface area (Å²) in [7, 11) is 0. The van der Waals surface area contributed by atoms with E-state index in [0.29, 0.717) is 18.0 Å². The highest BCUT2D eigenvalue weighted by Gasteiger charge is 2.18. The van der Waals surface area contributed by atoms with Crippen molar-refractivity contribution in [2.45, 2.75) is 25.8 Å². The molecule has 1 aromatic heterocycles. The number of nitrogens with zero attached hydrogens (tertiary/aromatic N) is 2. The highest BCUT2D eigenvalue weighted by molar-refractivity contribution is 7.08. The van der Waals surface area contributed by atoms with E-state index >= 15 is 0 Å². The van der Waals surface area contributed by atoms with E-state index in [1.54, 1.807) is 0 Å². The van der Waals surface area contributed by atoms with Crippen LogP contribution in [0.25, 0.3) is 0 Å². The largest absolute Gasteiger partial charge is 0.378 e. The molecule has 0 radical (unpaired) electrons. The Morgan fingerprint density at radius 2 is 2.56 bits per heavy atom. The number of rotatable bonds is 5. The fraction of sp³-hybridized carbons (Fsp3) is 0.727. The Hall–Kier alpha value is -1.05. The van der Waals surface area contributed by atoms with E-state index in [1.807, 2.05) is 0 Å². The molecule has 0 aliphatic carbocycles. The normalized spacial score (nSPS) is 19.7. The van der Waals surface area contributed by atoms with Gasteiger partial charge in [-0.3, -0.25) is 4.79 Å². The van der Waals surface area contributed by atoms with Gasteiger partial charge in [0.05, 0.1) is 18.9 Å². The number of aryl methyl sites for hydroxylation is 1. The predicted octanol–water partition coefficient (Wildman–Crippen LogP) is 0.209. The summed E-state index contributed by atoms with van der Waals surface area (Å²) in [6.45, 7) is 4.85. The summed E-state index contributed by atoms with van der Waals surface area (Å²) in [5.74, 6) is -0.0826. The second-order valence-electron chi connectivity index (χ2n) is 4.23. The zero-order valence-corrected chi connectivity index (χ0v) is 11.3. The van der Waals surface area contributed by atoms with Crippen molar-refractivity contribution in [2.24, 2.45) is 0 Å². The molecule has 1 atom stereocenters. The summed E-state index contributed by atoms with van der Waals surface area (Å²) in [5.41, 5.74) is 0.799. The van der Waals surface area contributed by atoms with Crippen LogP contribution in [0, 0.1) is 0 Å². The molecule has 1 aromatic rings. The van der Waals surface area contributed by atoms with Gasteiger partial charge in [-0.25, -0.2) is 0 Å². The minimum Gasteiger partial charge on any atom is -0.378 e. The van der Waals surface area contributed by atoms with E-state index in [1.165, 1.54) is 0 Å². The molecule has 1 unspecified atom stereocenters. The third kappa shape index (κ3) is 3.47. The van der Waals surface area contributed by atoms with Crippen LogP contribution < -0.4 is 10.6 Å². The fourth-order valence-corrected chi connectivity index (χ4v) is 2.45. The second kappa shape index (κ2) is 6.77. The number of aromatic nitrogens is 2. The van der Waals surface area contributed by atoms with Crippen LogP contribution >= 0.6 is 11.5 Å². The lowest BCUT2D eigenvalue weighted by Gasteiger charge is -2.23. The van der Waals surface area contributed by atoms with Gasteiger partial charge in [0.25, 0.3) is 5.91 Å². The first-order valence-electron chi connectivity index (χ1n) is 6.21. The Balaban J connectivity index is 1.84. The summed E-state index contributed by atoms with van der Waals surface area (Å²) in [6, 6.07) is 0.193. The first-order chi connectivity index (χ1) is 8.81. The van der Waals surface area contributed by atoms with Crippen molar-refractivity contribution in [1.29, 1.82) is 0 Å². The lowest BCUT2D eigenvalue weighted by Crippen LogP contribution is -2.48. The van der Waals surface area contributed by atoms with Crippen molar-refractivity contribution >= 4 is 17.4 Å². The molecule has 1 amide bonds. The molecular weight excluding hydrogens is 252 g/mol. The summed E-state index contributed by atoms with van der Waals surface area (Å²) in [6.07, 6.45) is 1.76. The van der Waals surface area contributed by atoms with Crippen molar-refractivity contribution in [3.05, 3.63) is 10.6 Å². The molecule has 0 saturated carbocycles. The van der Waals surface area contributed by atoms with Gasteiger partial charge in [-0.15, -0.1) is 5.10 Å². The van der Waals surface area contributed by atoms with Crippen LogP contribution in [0.2, 0.25) is 0 Å². The molecule has 1 aliphatic heterocycles. The molecule has 0 bridgehead atoms. The lowest BCUT2D eigenvalue weighted by molar-refractivity contribution is 0.0735. The molecule has 0 aromatic carbocycles. The fourth-order valence-electron chi connectivity index (χ4n) is 1.83. The quantitative estimate of drug-likeness (QED) is 0.800. The third-order valence-electron chi connectivity index (χ3n) is 2.76. The van der Waals surface area contributed by atoms with Gasteiger partial charge in [-0.2, -0.15) is 0 Å². The van der Waals surface area contributed by atoms with Crippen molar-refractivity contribution < 1.29 is 9.53 Å². The smallest absolute Gasteiger partial charge is 0.265 e. The minimum atomic E-state index is -0.0826. The molecule has 7 heteroatoms. The second-order valence-corrected chi connectivity index (χ2v) is 4.99. The van der Waals surface area contributed by atoms with Gasteiger partial charge in [0.2, 0.25) is 0 Å². The van der Waals surface area contributed by atoms with Crippen LogP contribution in [0.5, 0.6) is 0 Å². The summed E-state index contributed by atoms with van der Waals surface area (Å²) in [4.78, 5) is 12.6. The zero-order chi connectivity index (χ0) is 12.8. The molecule has 18 heavy (non-hydrogen) atoms. The SMILES string of the molecule is CCCc1nnsc1C(=O)NCC1COCCN1. The minimum absolute atomic E-state index is 0.0826. The van der Waals surface area contributed by atoms with Crippen LogP contribution in [0.1, 0.15) is 28.7 Å². The summed E-state index contributed by atoms with van der Waals surface area (Å²) >= 11 is 1.16. The Bertz CT molecular complexity index is 390. The van der Waals surface area contributed by atoms with E-state index < -0.39 is 0 Å². The summed E-state index contributed by atoms with van der Waals surface area (Å²) < 4.78 is 9.18. The highest BCUT2D eigenvalue weighted by atomic mass is 32.1. The van der Waals surface area contributed by atoms with Gasteiger partial charge >= 0.3 is 0 Å². The van der Waals surface area contributed by atoms with Crippen LogP contribution in [-0.4, -0.2) is 47.8 Å². The number of carbonyl (C=O) groups is 1. The number of nitrogens with one attached hydrogen (secondary N) is 2. The van der Waals surface area contributed by atoms with E-state index in [0.717, 1.165) is 43.2 Å². The van der Waals surface area contributed by atoms with Crippen molar-refractivity contribution in [2.75, 3.05) is 26.3 Å². The number of hydrogen-bond donors (Lipinski definition) is 2. The van der Waals surface area contributed by atoms with Crippen molar-refractivity contribution in [1.82, 2.24) is 20.2 Å². The molecule has 1 fully saturated rings. The standard InChI is InChI=1S/C11H18N4O2S/c1-2-3-9-10(18-15-14-9)11(16)13-6-8-7-17-5-4-12-8/h8,12H,2-7H2,1H3,(H,13,16). The first-order valence-corrected chi connectivity index (χ1v) is 6.99. The maximum atomic E-state index is 12.0. The highest BCUT2D eigenvalue weighted by Crippen LogP contribution is 2.12. The van der Waals surface area contributed by atoms with Gasteiger partial charge in [0, 0.05) is 19.1 Å². The molecule has 1 saturated heterocycles. The van der Waals surface area contributed by atoms with E-state index in [9.17, 15) is 4.79 Å². The Kier molecular flexibility index (Phi) is 5.03. The number of hydrogen-bond acceptors (Lipinski definition) is 6. The average Bonchev–Trinajstić information content (AvgIpc) is 2.86. The number of morpholine rings is 1. The van der Waals surface area contributed by atoms with Gasteiger partial charge < -0.3 is 15.4 Å². The van der Waals surface area contributed by atoms with Crippen LogP contribution in [0.3, 0.4) is 0 Å². The average molecular weight is 270 g/mol. The monoisotopic (exact) mass is 270 g/mol. The lowest BCUT2D eigenvalue weighted by atomic mass is 10.2. The van der Waals surface area contributed by atoms with Gasteiger partial charge in [0.1, 0.15) is 4.88 Å². The first kappa shape index (κ1) is 13.4. The Morgan fingerprint density at radius 1 is 1.67 bits per heavy atom. The predicted molar refractivity (Wildman–Crippen MR) is 68.8 cm³/mol. The zero-order valence-electron chi connectivity index (χ0n) is 10.4. The van der Waals surface area contributed by atoms with Gasteiger partial charge in [-0.1, -0.05) is 17.8 Å². The van der Waals surface area contributed by atoms with E-state index in [2.05, 4.69) is 27.1 Å². The maximum absolute atomic E-state index is 12.0. The molecule has 6 nitrogen and oxygen atoms in total. The maximum Gasteiger partial charge on any atom is 0.265 e. The van der Waals surface area contributed by atoms with Gasteiger partial charge in [-0.05, 0) is 18.0 Å². The number of amides is 1. The summed E-state index contributed by atoms with van der Waals surface area (Å²) in [5, 5.41) is 10.2. The van der Waals surface area contributed by atoms with Crippen LogP contribution in [-0.2, 0) is 11.2 Å². The molecule has 0 spiro atoms. The van der Waals surface area contributed by atoms with E-state index in [4.69, 9.17) is 4.74 Å². The van der Waals surface area contributed by atoms with Crippen molar-refractivity contribution in [3.63, 3.8) is 0 Å². The number of ether oxygens (including phenoxy) is 1. The van der Waals surface area contributed by atoms with Crippen LogP contribution in [0.4, 0.5) is 0 Å². The third-order valence-corrected chi connectivity index (χ3v) is 3.52. The van der Waals surface area contributed by atoms with E-state index in [-0.39, 0.29) is 11.9 Å². The molecule has 2 heterocycles. The van der Waals surface area contributed by atoms with Crippen molar-refractivity contribution in [3.8, 4) is 0 Å². The molecule has 100 valence electrons. The van der Waals surface area contributed by atoms with Gasteiger partial charge in [0.15, 0.2) is 0 Å². The van der Waals surface area contributed by atoms with Crippen LogP contribution in [0.15, 0.2) is 0 Å². The molecule has 2 N–H and O–H groups in total. The topological polar surface area (TPSA) is 76.1 Å². The molecular formula is C11H18N4O2S. The molecule has 1 aliphatic rings.